The van der Waals surface area contributed by atoms with Crippen LogP contribution < -0.4 is 5.32 Å². The van der Waals surface area contributed by atoms with Gasteiger partial charge in [-0.05, 0) is 18.6 Å². The fourth-order valence-corrected chi connectivity index (χ4v) is 1.45. The molecular formula is C13H16N2O2. The van der Waals surface area contributed by atoms with Gasteiger partial charge in [-0.2, -0.15) is 5.26 Å². The molecule has 0 heterocycles. The first-order valence-corrected chi connectivity index (χ1v) is 5.45. The fourth-order valence-electron chi connectivity index (χ4n) is 1.45. The Morgan fingerprint density at radius 1 is 1.53 bits per heavy atom. The van der Waals surface area contributed by atoms with Crippen molar-refractivity contribution in [2.24, 2.45) is 5.92 Å². The average Bonchev–Trinajstić information content (AvgIpc) is 2.38. The molecular weight excluding hydrogens is 216 g/mol. The molecule has 0 radical (unpaired) electrons. The zero-order chi connectivity index (χ0) is 12.7. The van der Waals surface area contributed by atoms with Gasteiger partial charge in [-0.1, -0.05) is 18.2 Å². The summed E-state index contributed by atoms with van der Waals surface area (Å²) in [5, 5.41) is 11.8. The Balaban J connectivity index is 2.65. The highest BCUT2D eigenvalue weighted by Gasteiger charge is 2.10. The summed E-state index contributed by atoms with van der Waals surface area (Å²) in [6.45, 7) is 3.00. The number of nitrogens with one attached hydrogen (secondary N) is 1. The number of methoxy groups -OCH3 is 1. The first-order chi connectivity index (χ1) is 8.19. The number of hydrogen-bond donors (Lipinski definition) is 1. The van der Waals surface area contributed by atoms with Gasteiger partial charge in [0.15, 0.2) is 0 Å². The smallest absolute Gasteiger partial charge is 0.338 e. The lowest BCUT2D eigenvalue weighted by atomic mass is 10.1. The van der Waals surface area contributed by atoms with E-state index in [2.05, 4.69) is 11.4 Å². The number of carbonyl (C=O) groups excluding carboxylic acids is 1. The van der Waals surface area contributed by atoms with Gasteiger partial charge in [-0.15, -0.1) is 0 Å². The average molecular weight is 232 g/mol. The van der Waals surface area contributed by atoms with Gasteiger partial charge in [0.25, 0.3) is 0 Å². The van der Waals surface area contributed by atoms with Crippen molar-refractivity contribution in [3.8, 4) is 6.07 Å². The van der Waals surface area contributed by atoms with E-state index in [0.29, 0.717) is 18.7 Å². The second-order valence-corrected chi connectivity index (χ2v) is 3.81. The molecule has 0 aromatic heterocycles. The lowest BCUT2D eigenvalue weighted by molar-refractivity contribution is 0.0599. The van der Waals surface area contributed by atoms with Gasteiger partial charge in [0.1, 0.15) is 0 Å². The van der Waals surface area contributed by atoms with Crippen molar-refractivity contribution in [1.82, 2.24) is 5.32 Å². The Bertz CT molecular complexity index is 424. The van der Waals surface area contributed by atoms with E-state index in [0.717, 1.165) is 5.56 Å². The molecule has 0 amide bonds. The minimum atomic E-state index is -0.337. The van der Waals surface area contributed by atoms with Crippen molar-refractivity contribution >= 4 is 5.97 Å². The molecule has 0 aliphatic heterocycles. The lowest BCUT2D eigenvalue weighted by Gasteiger charge is -2.09. The lowest BCUT2D eigenvalue weighted by Crippen LogP contribution is -2.21. The van der Waals surface area contributed by atoms with Crippen LogP contribution in [0.5, 0.6) is 0 Å². The zero-order valence-electron chi connectivity index (χ0n) is 10.1. The number of rotatable bonds is 5. The van der Waals surface area contributed by atoms with Gasteiger partial charge in [0.05, 0.1) is 24.7 Å². The van der Waals surface area contributed by atoms with Gasteiger partial charge in [0.2, 0.25) is 0 Å². The Kier molecular flexibility index (Phi) is 5.18. The molecule has 4 nitrogen and oxygen atoms in total. The fraction of sp³-hybridized carbons (Fsp3) is 0.385. The summed E-state index contributed by atoms with van der Waals surface area (Å²) < 4.78 is 4.71. The summed E-state index contributed by atoms with van der Waals surface area (Å²) in [5.74, 6) is -0.379. The highest BCUT2D eigenvalue weighted by molar-refractivity contribution is 5.90. The van der Waals surface area contributed by atoms with E-state index < -0.39 is 0 Å². The van der Waals surface area contributed by atoms with Crippen LogP contribution in [0.1, 0.15) is 22.8 Å². The van der Waals surface area contributed by atoms with Crippen LogP contribution in [0.3, 0.4) is 0 Å². The Morgan fingerprint density at radius 3 is 2.88 bits per heavy atom. The van der Waals surface area contributed by atoms with Gasteiger partial charge in [-0.25, -0.2) is 4.79 Å². The van der Waals surface area contributed by atoms with Crippen molar-refractivity contribution in [3.63, 3.8) is 0 Å². The van der Waals surface area contributed by atoms with Gasteiger partial charge < -0.3 is 10.1 Å². The predicted octanol–water partition coefficient (Wildman–Crippen LogP) is 1.72. The van der Waals surface area contributed by atoms with Crippen LogP contribution in [0.15, 0.2) is 24.3 Å². The van der Waals surface area contributed by atoms with E-state index in [1.165, 1.54) is 7.11 Å². The number of esters is 1. The molecule has 1 rings (SSSR count). The number of benzene rings is 1. The Labute approximate surface area is 101 Å². The van der Waals surface area contributed by atoms with Crippen LogP contribution in [-0.2, 0) is 11.3 Å². The van der Waals surface area contributed by atoms with E-state index in [1.54, 1.807) is 12.1 Å². The summed E-state index contributed by atoms with van der Waals surface area (Å²) in [7, 11) is 1.37. The predicted molar refractivity (Wildman–Crippen MR) is 64.3 cm³/mol. The van der Waals surface area contributed by atoms with E-state index in [1.807, 2.05) is 19.1 Å². The van der Waals surface area contributed by atoms with Crippen LogP contribution in [0.2, 0.25) is 0 Å². The van der Waals surface area contributed by atoms with Gasteiger partial charge >= 0.3 is 5.97 Å². The Morgan fingerprint density at radius 2 is 2.24 bits per heavy atom. The summed E-state index contributed by atoms with van der Waals surface area (Å²) in [5.41, 5.74) is 1.44. The second-order valence-electron chi connectivity index (χ2n) is 3.81. The van der Waals surface area contributed by atoms with Crippen LogP contribution in [0, 0.1) is 17.2 Å². The summed E-state index contributed by atoms with van der Waals surface area (Å²) in [4.78, 5) is 11.5. The van der Waals surface area contributed by atoms with Crippen LogP contribution in [0.25, 0.3) is 0 Å². The topological polar surface area (TPSA) is 62.1 Å². The first-order valence-electron chi connectivity index (χ1n) is 5.45. The molecule has 4 heteroatoms. The molecule has 1 aromatic carbocycles. The molecule has 0 aliphatic rings. The third kappa shape index (κ3) is 3.89. The molecule has 1 atom stereocenters. The monoisotopic (exact) mass is 232 g/mol. The molecule has 1 unspecified atom stereocenters. The third-order valence-corrected chi connectivity index (χ3v) is 2.41. The molecule has 0 saturated carbocycles. The summed E-state index contributed by atoms with van der Waals surface area (Å²) in [6, 6.07) is 9.42. The SMILES string of the molecule is COC(=O)c1ccccc1CNCC(C)C#N. The molecule has 90 valence electrons. The van der Waals surface area contributed by atoms with Gasteiger partial charge in [0, 0.05) is 13.1 Å². The van der Waals surface area contributed by atoms with Gasteiger partial charge in [-0.3, -0.25) is 0 Å². The second kappa shape index (κ2) is 6.66. The van der Waals surface area contributed by atoms with Crippen molar-refractivity contribution in [3.05, 3.63) is 35.4 Å². The number of carbonyl (C=O) groups is 1. The molecule has 0 bridgehead atoms. The van der Waals surface area contributed by atoms with Crippen LogP contribution >= 0.6 is 0 Å². The largest absolute Gasteiger partial charge is 0.465 e. The number of ether oxygens (including phenoxy) is 1. The molecule has 0 fully saturated rings. The van der Waals surface area contributed by atoms with Crippen molar-refractivity contribution in [1.29, 1.82) is 5.26 Å². The summed E-state index contributed by atoms with van der Waals surface area (Å²) in [6.07, 6.45) is 0. The Hall–Kier alpha value is -1.86. The van der Waals surface area contributed by atoms with Crippen molar-refractivity contribution in [2.45, 2.75) is 13.5 Å². The van der Waals surface area contributed by atoms with E-state index >= 15 is 0 Å². The van der Waals surface area contributed by atoms with Crippen LogP contribution in [0.4, 0.5) is 0 Å². The first kappa shape index (κ1) is 13.2. The molecule has 0 saturated heterocycles. The number of nitriles is 1. The molecule has 0 aliphatic carbocycles. The maximum atomic E-state index is 11.5. The van der Waals surface area contributed by atoms with E-state index in [9.17, 15) is 4.79 Å². The molecule has 0 spiro atoms. The number of nitrogens with zero attached hydrogens (tertiary/aromatic N) is 1. The van der Waals surface area contributed by atoms with E-state index in [-0.39, 0.29) is 11.9 Å². The van der Waals surface area contributed by atoms with Crippen molar-refractivity contribution < 1.29 is 9.53 Å². The van der Waals surface area contributed by atoms with E-state index in [4.69, 9.17) is 10.00 Å². The zero-order valence-corrected chi connectivity index (χ0v) is 10.1. The molecule has 1 N–H and O–H groups in total. The normalized spacial score (nSPS) is 11.6. The third-order valence-electron chi connectivity index (χ3n) is 2.41. The highest BCUT2D eigenvalue weighted by Crippen LogP contribution is 2.09. The standard InChI is InChI=1S/C13H16N2O2/c1-10(7-14)8-15-9-11-5-3-4-6-12(11)13(16)17-2/h3-6,10,15H,8-9H2,1-2H3. The maximum Gasteiger partial charge on any atom is 0.338 e. The summed E-state index contributed by atoms with van der Waals surface area (Å²) >= 11 is 0. The quantitative estimate of drug-likeness (QED) is 0.785. The molecule has 17 heavy (non-hydrogen) atoms. The maximum absolute atomic E-state index is 11.5. The molecule has 1 aromatic rings. The minimum Gasteiger partial charge on any atom is -0.465 e. The van der Waals surface area contributed by atoms with Crippen molar-refractivity contribution in [2.75, 3.05) is 13.7 Å². The number of hydrogen-bond acceptors (Lipinski definition) is 4. The minimum absolute atomic E-state index is 0.0414. The highest BCUT2D eigenvalue weighted by atomic mass is 16.5. The van der Waals surface area contributed by atoms with Crippen LogP contribution in [-0.4, -0.2) is 19.6 Å².